The van der Waals surface area contributed by atoms with Crippen LogP contribution in [0, 0.1) is 0 Å². The molecule has 4 rings (SSSR count). The lowest BCUT2D eigenvalue weighted by molar-refractivity contribution is 0.121. The van der Waals surface area contributed by atoms with Crippen LogP contribution >= 0.6 is 34.5 Å². The van der Waals surface area contributed by atoms with Gasteiger partial charge in [0, 0.05) is 60.3 Å². The molecule has 2 heterocycles. The first-order valence-corrected chi connectivity index (χ1v) is 10.7. The summed E-state index contributed by atoms with van der Waals surface area (Å²) >= 11 is 14.0. The van der Waals surface area contributed by atoms with Gasteiger partial charge < -0.3 is 0 Å². The van der Waals surface area contributed by atoms with Gasteiger partial charge in [0.15, 0.2) is 0 Å². The fourth-order valence-electron chi connectivity index (χ4n) is 3.32. The van der Waals surface area contributed by atoms with Gasteiger partial charge in [0.25, 0.3) is 0 Å². The maximum absolute atomic E-state index is 6.31. The van der Waals surface area contributed by atoms with Crippen LogP contribution in [-0.2, 0) is 13.1 Å². The van der Waals surface area contributed by atoms with E-state index in [2.05, 4.69) is 39.4 Å². The molecule has 0 spiro atoms. The third kappa shape index (κ3) is 4.89. The van der Waals surface area contributed by atoms with E-state index in [1.54, 1.807) is 11.3 Å². The van der Waals surface area contributed by atoms with Crippen LogP contribution < -0.4 is 0 Å². The minimum absolute atomic E-state index is 0.687. The Balaban J connectivity index is 1.30. The van der Waals surface area contributed by atoms with Gasteiger partial charge in [-0.1, -0.05) is 59.6 Å². The van der Waals surface area contributed by atoms with Crippen molar-refractivity contribution in [2.24, 2.45) is 0 Å². The Kier molecular flexibility index (Phi) is 6.11. The van der Waals surface area contributed by atoms with Gasteiger partial charge in [-0.15, -0.1) is 11.3 Å². The van der Waals surface area contributed by atoms with E-state index in [4.69, 9.17) is 28.2 Å². The normalized spacial score (nSPS) is 15.9. The Hall–Kier alpha value is -1.43. The van der Waals surface area contributed by atoms with Crippen molar-refractivity contribution in [3.8, 4) is 10.6 Å². The maximum atomic E-state index is 6.31. The van der Waals surface area contributed by atoms with Crippen LogP contribution in [0.3, 0.4) is 0 Å². The third-order valence-corrected chi connectivity index (χ3v) is 6.36. The molecule has 0 amide bonds. The Morgan fingerprint density at radius 3 is 2.30 bits per heavy atom. The lowest BCUT2D eigenvalue weighted by Gasteiger charge is -2.34. The van der Waals surface area contributed by atoms with Crippen molar-refractivity contribution in [2.75, 3.05) is 26.2 Å². The second-order valence-corrected chi connectivity index (χ2v) is 8.50. The molecule has 0 N–H and O–H groups in total. The second-order valence-electron chi connectivity index (χ2n) is 6.80. The van der Waals surface area contributed by atoms with E-state index in [9.17, 15) is 0 Å². The van der Waals surface area contributed by atoms with Crippen molar-refractivity contribution in [3.05, 3.63) is 75.2 Å². The summed E-state index contributed by atoms with van der Waals surface area (Å²) in [4.78, 5) is 9.74. The molecule has 27 heavy (non-hydrogen) atoms. The SMILES string of the molecule is Clc1ccc(CN2CCN(Cc3csc(-c4ccccc4)n3)CC2)c(Cl)c1. The predicted molar refractivity (Wildman–Crippen MR) is 115 cm³/mol. The van der Waals surface area contributed by atoms with E-state index in [-0.39, 0.29) is 0 Å². The van der Waals surface area contributed by atoms with Crippen LogP contribution in [0.25, 0.3) is 10.6 Å². The van der Waals surface area contributed by atoms with Crippen molar-refractivity contribution in [2.45, 2.75) is 13.1 Å². The van der Waals surface area contributed by atoms with Crippen LogP contribution in [0.4, 0.5) is 0 Å². The van der Waals surface area contributed by atoms with Gasteiger partial charge in [-0.3, -0.25) is 9.80 Å². The van der Waals surface area contributed by atoms with Gasteiger partial charge >= 0.3 is 0 Å². The topological polar surface area (TPSA) is 19.4 Å². The van der Waals surface area contributed by atoms with Crippen molar-refractivity contribution in [1.82, 2.24) is 14.8 Å². The highest BCUT2D eigenvalue weighted by Gasteiger charge is 2.19. The molecule has 140 valence electrons. The van der Waals surface area contributed by atoms with Gasteiger partial charge in [0.05, 0.1) is 5.69 Å². The fourth-order valence-corrected chi connectivity index (χ4v) is 4.60. The van der Waals surface area contributed by atoms with E-state index in [0.717, 1.165) is 60.6 Å². The molecule has 0 bridgehead atoms. The van der Waals surface area contributed by atoms with E-state index >= 15 is 0 Å². The number of hydrogen-bond acceptors (Lipinski definition) is 4. The molecule has 1 saturated heterocycles. The van der Waals surface area contributed by atoms with Crippen LogP contribution in [0.1, 0.15) is 11.3 Å². The van der Waals surface area contributed by atoms with Gasteiger partial charge in [0.2, 0.25) is 0 Å². The quantitative estimate of drug-likeness (QED) is 0.551. The van der Waals surface area contributed by atoms with Crippen molar-refractivity contribution >= 4 is 34.5 Å². The zero-order chi connectivity index (χ0) is 18.6. The molecule has 0 radical (unpaired) electrons. The molecule has 1 aromatic heterocycles. The number of benzene rings is 2. The standard InChI is InChI=1S/C21H21Cl2N3S/c22-18-7-6-17(20(23)12-18)13-25-8-10-26(11-9-25)14-19-15-27-21(24-19)16-4-2-1-3-5-16/h1-7,12,15H,8-11,13-14H2. The number of halogens is 2. The highest BCUT2D eigenvalue weighted by Crippen LogP contribution is 2.25. The summed E-state index contributed by atoms with van der Waals surface area (Å²) < 4.78 is 0. The Labute approximate surface area is 174 Å². The first-order chi connectivity index (χ1) is 13.2. The van der Waals surface area contributed by atoms with Crippen molar-refractivity contribution in [1.29, 1.82) is 0 Å². The highest BCUT2D eigenvalue weighted by atomic mass is 35.5. The lowest BCUT2D eigenvalue weighted by Crippen LogP contribution is -2.45. The summed E-state index contributed by atoms with van der Waals surface area (Å²) in [5.41, 5.74) is 3.49. The fraction of sp³-hybridized carbons (Fsp3) is 0.286. The molecule has 1 aliphatic rings. The Bertz CT molecular complexity index is 889. The summed E-state index contributed by atoms with van der Waals surface area (Å²) in [7, 11) is 0. The van der Waals surface area contributed by atoms with Crippen LogP contribution in [0.5, 0.6) is 0 Å². The third-order valence-electron chi connectivity index (χ3n) is 4.83. The molecule has 0 aliphatic carbocycles. The first kappa shape index (κ1) is 18.9. The van der Waals surface area contributed by atoms with Crippen molar-refractivity contribution in [3.63, 3.8) is 0 Å². The smallest absolute Gasteiger partial charge is 0.123 e. The molecule has 2 aromatic carbocycles. The number of aromatic nitrogens is 1. The number of rotatable bonds is 5. The first-order valence-electron chi connectivity index (χ1n) is 9.06. The Morgan fingerprint density at radius 1 is 0.889 bits per heavy atom. The zero-order valence-electron chi connectivity index (χ0n) is 14.9. The molecule has 6 heteroatoms. The average molecular weight is 418 g/mol. The summed E-state index contributed by atoms with van der Waals surface area (Å²) in [6, 6.07) is 16.1. The van der Waals surface area contributed by atoms with Crippen molar-refractivity contribution < 1.29 is 0 Å². The summed E-state index contributed by atoms with van der Waals surface area (Å²) in [6.07, 6.45) is 0. The predicted octanol–water partition coefficient (Wildman–Crippen LogP) is 5.43. The van der Waals surface area contributed by atoms with Gasteiger partial charge in [0.1, 0.15) is 5.01 Å². The van der Waals surface area contributed by atoms with Gasteiger partial charge in [-0.05, 0) is 17.7 Å². The average Bonchev–Trinajstić information content (AvgIpc) is 3.15. The van der Waals surface area contributed by atoms with Crippen LogP contribution in [0.2, 0.25) is 10.0 Å². The summed E-state index contributed by atoms with van der Waals surface area (Å²) in [5, 5.41) is 4.72. The molecule has 1 fully saturated rings. The van der Waals surface area contributed by atoms with Crippen LogP contribution in [0.15, 0.2) is 53.9 Å². The minimum Gasteiger partial charge on any atom is -0.296 e. The molecule has 0 saturated carbocycles. The number of hydrogen-bond donors (Lipinski definition) is 0. The summed E-state index contributed by atoms with van der Waals surface area (Å²) in [6.45, 7) is 5.95. The minimum atomic E-state index is 0.687. The second kappa shape index (κ2) is 8.72. The number of nitrogens with zero attached hydrogens (tertiary/aromatic N) is 3. The monoisotopic (exact) mass is 417 g/mol. The molecule has 0 atom stereocenters. The molecular formula is C21H21Cl2N3S. The zero-order valence-corrected chi connectivity index (χ0v) is 17.3. The van der Waals surface area contributed by atoms with E-state index < -0.39 is 0 Å². The number of thiazole rings is 1. The van der Waals surface area contributed by atoms with E-state index in [1.165, 1.54) is 5.56 Å². The van der Waals surface area contributed by atoms with Gasteiger partial charge in [-0.25, -0.2) is 4.98 Å². The molecule has 3 aromatic rings. The highest BCUT2D eigenvalue weighted by molar-refractivity contribution is 7.13. The number of piperazine rings is 1. The lowest BCUT2D eigenvalue weighted by atomic mass is 10.2. The van der Waals surface area contributed by atoms with Gasteiger partial charge in [-0.2, -0.15) is 0 Å². The van der Waals surface area contributed by atoms with E-state index in [1.807, 2.05) is 24.3 Å². The molecular weight excluding hydrogens is 397 g/mol. The molecule has 1 aliphatic heterocycles. The Morgan fingerprint density at radius 2 is 1.59 bits per heavy atom. The molecule has 0 unspecified atom stereocenters. The largest absolute Gasteiger partial charge is 0.296 e. The molecule has 3 nitrogen and oxygen atoms in total. The summed E-state index contributed by atoms with van der Waals surface area (Å²) in [5.74, 6) is 0. The van der Waals surface area contributed by atoms with E-state index in [0.29, 0.717) is 5.02 Å². The maximum Gasteiger partial charge on any atom is 0.123 e. The van der Waals surface area contributed by atoms with Crippen LogP contribution in [-0.4, -0.2) is 41.0 Å².